The zero-order valence-corrected chi connectivity index (χ0v) is 9.79. The van der Waals surface area contributed by atoms with E-state index in [1.165, 1.54) is 0 Å². The molecule has 0 radical (unpaired) electrons. The summed E-state index contributed by atoms with van der Waals surface area (Å²) in [5.41, 5.74) is 4.78. The summed E-state index contributed by atoms with van der Waals surface area (Å²) in [4.78, 5) is 11.2. The molecule has 1 atom stereocenters. The van der Waals surface area contributed by atoms with E-state index in [4.69, 9.17) is 10.5 Å². The van der Waals surface area contributed by atoms with Crippen LogP contribution in [0.1, 0.15) is 39.5 Å². The van der Waals surface area contributed by atoms with Gasteiger partial charge in [-0.25, -0.2) is 0 Å². The number of carboxylic acid groups (broad SMARTS) is 1. The predicted molar refractivity (Wildman–Crippen MR) is 59.8 cm³/mol. The standard InChI is InChI=1S/C11H23NO3/c1-3-5-11(9-12,10(13)14)6-8-15-7-4-2/h3-9,12H2,1-2H3,(H,13,14). The second kappa shape index (κ2) is 7.65. The third-order valence-corrected chi connectivity index (χ3v) is 2.65. The molecule has 90 valence electrons. The van der Waals surface area contributed by atoms with E-state index in [1.807, 2.05) is 13.8 Å². The molecule has 0 aromatic carbocycles. The monoisotopic (exact) mass is 217 g/mol. The number of hydrogen-bond donors (Lipinski definition) is 2. The third-order valence-electron chi connectivity index (χ3n) is 2.65. The molecule has 3 N–H and O–H groups in total. The van der Waals surface area contributed by atoms with Crippen molar-refractivity contribution in [2.75, 3.05) is 19.8 Å². The zero-order chi connectivity index (χ0) is 11.7. The topological polar surface area (TPSA) is 72.5 Å². The lowest BCUT2D eigenvalue weighted by atomic mass is 9.80. The van der Waals surface area contributed by atoms with E-state index in [1.54, 1.807) is 0 Å². The molecule has 0 fully saturated rings. The second-order valence-electron chi connectivity index (χ2n) is 3.90. The molecule has 4 heteroatoms. The second-order valence-corrected chi connectivity index (χ2v) is 3.90. The van der Waals surface area contributed by atoms with Crippen molar-refractivity contribution in [3.8, 4) is 0 Å². The van der Waals surface area contributed by atoms with Crippen molar-refractivity contribution < 1.29 is 14.6 Å². The highest BCUT2D eigenvalue weighted by atomic mass is 16.5. The number of hydrogen-bond acceptors (Lipinski definition) is 3. The van der Waals surface area contributed by atoms with Gasteiger partial charge in [0.1, 0.15) is 0 Å². The van der Waals surface area contributed by atoms with E-state index in [9.17, 15) is 9.90 Å². The highest BCUT2D eigenvalue weighted by molar-refractivity contribution is 5.74. The summed E-state index contributed by atoms with van der Waals surface area (Å²) in [7, 11) is 0. The molecule has 0 heterocycles. The normalized spacial score (nSPS) is 14.9. The minimum atomic E-state index is -0.799. The van der Waals surface area contributed by atoms with E-state index in [-0.39, 0.29) is 6.54 Å². The van der Waals surface area contributed by atoms with Gasteiger partial charge < -0.3 is 15.6 Å². The summed E-state index contributed by atoms with van der Waals surface area (Å²) in [5.74, 6) is -0.799. The first-order valence-corrected chi connectivity index (χ1v) is 5.64. The summed E-state index contributed by atoms with van der Waals surface area (Å²) in [6, 6.07) is 0. The summed E-state index contributed by atoms with van der Waals surface area (Å²) < 4.78 is 5.32. The van der Waals surface area contributed by atoms with Gasteiger partial charge >= 0.3 is 5.97 Å². The molecule has 4 nitrogen and oxygen atoms in total. The molecule has 0 aliphatic rings. The minimum Gasteiger partial charge on any atom is -0.481 e. The van der Waals surface area contributed by atoms with E-state index < -0.39 is 11.4 Å². The maximum Gasteiger partial charge on any atom is 0.311 e. The first kappa shape index (κ1) is 14.4. The molecule has 0 rings (SSSR count). The predicted octanol–water partition coefficient (Wildman–Crippen LogP) is 1.63. The van der Waals surface area contributed by atoms with Crippen molar-refractivity contribution in [1.29, 1.82) is 0 Å². The quantitative estimate of drug-likeness (QED) is 0.576. The van der Waals surface area contributed by atoms with Crippen LogP contribution in [0.15, 0.2) is 0 Å². The van der Waals surface area contributed by atoms with Crippen LogP contribution in [0.3, 0.4) is 0 Å². The molecule has 0 aromatic rings. The van der Waals surface area contributed by atoms with Crippen LogP contribution in [0.4, 0.5) is 0 Å². The van der Waals surface area contributed by atoms with Gasteiger partial charge in [-0.2, -0.15) is 0 Å². The first-order valence-electron chi connectivity index (χ1n) is 5.64. The number of nitrogens with two attached hydrogens (primary N) is 1. The average Bonchev–Trinajstić information content (AvgIpc) is 2.22. The Bertz CT molecular complexity index is 185. The molecule has 0 bridgehead atoms. The Morgan fingerprint density at radius 1 is 1.27 bits per heavy atom. The van der Waals surface area contributed by atoms with Gasteiger partial charge in [-0.05, 0) is 19.3 Å². The summed E-state index contributed by atoms with van der Waals surface area (Å²) in [6.45, 7) is 5.36. The number of ether oxygens (including phenoxy) is 1. The average molecular weight is 217 g/mol. The number of aliphatic carboxylic acids is 1. The molecular formula is C11H23NO3. The zero-order valence-electron chi connectivity index (χ0n) is 9.79. The van der Waals surface area contributed by atoms with E-state index in [0.29, 0.717) is 26.1 Å². The van der Waals surface area contributed by atoms with Crippen LogP contribution < -0.4 is 5.73 Å². The van der Waals surface area contributed by atoms with E-state index in [0.717, 1.165) is 12.8 Å². The van der Waals surface area contributed by atoms with Gasteiger partial charge in [0.25, 0.3) is 0 Å². The van der Waals surface area contributed by atoms with Gasteiger partial charge in [-0.1, -0.05) is 20.3 Å². The van der Waals surface area contributed by atoms with Gasteiger partial charge in [0.05, 0.1) is 5.41 Å². The molecule has 0 aromatic heterocycles. The van der Waals surface area contributed by atoms with Crippen LogP contribution in [0.5, 0.6) is 0 Å². The molecular weight excluding hydrogens is 194 g/mol. The number of carboxylic acids is 1. The summed E-state index contributed by atoms with van der Waals surface area (Å²) in [5, 5.41) is 9.18. The molecule has 15 heavy (non-hydrogen) atoms. The van der Waals surface area contributed by atoms with Crippen LogP contribution in [0, 0.1) is 5.41 Å². The van der Waals surface area contributed by atoms with Crippen molar-refractivity contribution in [3.05, 3.63) is 0 Å². The van der Waals surface area contributed by atoms with Gasteiger partial charge in [0.2, 0.25) is 0 Å². The lowest BCUT2D eigenvalue weighted by molar-refractivity contribution is -0.150. The molecule has 0 saturated heterocycles. The van der Waals surface area contributed by atoms with Crippen LogP contribution in [0.2, 0.25) is 0 Å². The van der Waals surface area contributed by atoms with Crippen molar-refractivity contribution in [3.63, 3.8) is 0 Å². The Balaban J connectivity index is 4.16. The fourth-order valence-electron chi connectivity index (χ4n) is 1.62. The fraction of sp³-hybridized carbons (Fsp3) is 0.909. The SMILES string of the molecule is CCCOCCC(CN)(CCC)C(=O)O. The molecule has 0 aliphatic heterocycles. The van der Waals surface area contributed by atoms with Gasteiger partial charge in [-0.15, -0.1) is 0 Å². The Morgan fingerprint density at radius 3 is 2.33 bits per heavy atom. The Kier molecular flexibility index (Phi) is 7.34. The Morgan fingerprint density at radius 2 is 1.93 bits per heavy atom. The van der Waals surface area contributed by atoms with Crippen molar-refractivity contribution in [2.24, 2.45) is 11.1 Å². The van der Waals surface area contributed by atoms with Crippen LogP contribution in [-0.2, 0) is 9.53 Å². The number of rotatable bonds is 9. The molecule has 0 saturated carbocycles. The Hall–Kier alpha value is -0.610. The Labute approximate surface area is 91.8 Å². The maximum absolute atomic E-state index is 11.2. The van der Waals surface area contributed by atoms with Crippen LogP contribution in [-0.4, -0.2) is 30.8 Å². The first-order chi connectivity index (χ1) is 7.13. The third kappa shape index (κ3) is 4.62. The highest BCUT2D eigenvalue weighted by Gasteiger charge is 2.35. The van der Waals surface area contributed by atoms with Crippen molar-refractivity contribution >= 4 is 5.97 Å². The molecule has 0 spiro atoms. The van der Waals surface area contributed by atoms with Gasteiger partial charge in [0.15, 0.2) is 0 Å². The lowest BCUT2D eigenvalue weighted by Crippen LogP contribution is -2.39. The highest BCUT2D eigenvalue weighted by Crippen LogP contribution is 2.27. The minimum absolute atomic E-state index is 0.186. The largest absolute Gasteiger partial charge is 0.481 e. The van der Waals surface area contributed by atoms with Gasteiger partial charge in [0, 0.05) is 19.8 Å². The molecule has 0 amide bonds. The summed E-state index contributed by atoms with van der Waals surface area (Å²) in [6.07, 6.45) is 2.91. The smallest absolute Gasteiger partial charge is 0.311 e. The van der Waals surface area contributed by atoms with Crippen LogP contribution >= 0.6 is 0 Å². The lowest BCUT2D eigenvalue weighted by Gasteiger charge is -2.27. The van der Waals surface area contributed by atoms with Crippen LogP contribution in [0.25, 0.3) is 0 Å². The number of carbonyl (C=O) groups is 1. The molecule has 1 unspecified atom stereocenters. The van der Waals surface area contributed by atoms with E-state index in [2.05, 4.69) is 0 Å². The fourth-order valence-corrected chi connectivity index (χ4v) is 1.62. The maximum atomic E-state index is 11.2. The van der Waals surface area contributed by atoms with Crippen molar-refractivity contribution in [1.82, 2.24) is 0 Å². The molecule has 0 aliphatic carbocycles. The summed E-state index contributed by atoms with van der Waals surface area (Å²) >= 11 is 0. The van der Waals surface area contributed by atoms with Crippen molar-refractivity contribution in [2.45, 2.75) is 39.5 Å². The van der Waals surface area contributed by atoms with E-state index >= 15 is 0 Å². The van der Waals surface area contributed by atoms with Gasteiger partial charge in [-0.3, -0.25) is 4.79 Å².